The second-order valence-corrected chi connectivity index (χ2v) is 6.15. The maximum absolute atomic E-state index is 12.4. The van der Waals surface area contributed by atoms with Gasteiger partial charge in [-0.2, -0.15) is 0 Å². The lowest BCUT2D eigenvalue weighted by Crippen LogP contribution is -2.56. The number of rotatable bonds is 1. The van der Waals surface area contributed by atoms with Crippen molar-refractivity contribution in [1.82, 2.24) is 4.90 Å². The smallest absolute Gasteiger partial charge is 0.332 e. The molecule has 0 N–H and O–H groups in total. The van der Waals surface area contributed by atoms with Crippen LogP contribution in [0.4, 0.5) is 0 Å². The SMILES string of the molecule is COC(=O)[C@]12CCC(=O)N1Cc1cc3ccccc3cc1C2. The maximum atomic E-state index is 12.4. The number of carbonyl (C=O) groups excluding carboxylic acids is 2. The number of hydrogen-bond acceptors (Lipinski definition) is 3. The first-order valence-electron chi connectivity index (χ1n) is 7.53. The first-order chi connectivity index (χ1) is 10.6. The number of nitrogens with zero attached hydrogens (tertiary/aromatic N) is 1. The Hall–Kier alpha value is -2.36. The molecule has 1 saturated heterocycles. The zero-order valence-corrected chi connectivity index (χ0v) is 12.5. The van der Waals surface area contributed by atoms with Gasteiger partial charge in [-0.25, -0.2) is 4.79 Å². The molecule has 2 aromatic carbocycles. The third kappa shape index (κ3) is 1.70. The van der Waals surface area contributed by atoms with Gasteiger partial charge in [0.25, 0.3) is 0 Å². The summed E-state index contributed by atoms with van der Waals surface area (Å²) < 4.78 is 5.01. The van der Waals surface area contributed by atoms with Gasteiger partial charge in [-0.3, -0.25) is 4.79 Å². The Morgan fingerprint density at radius 2 is 1.86 bits per heavy atom. The van der Waals surface area contributed by atoms with Gasteiger partial charge in [0.05, 0.1) is 7.11 Å². The van der Waals surface area contributed by atoms with Gasteiger partial charge < -0.3 is 9.64 Å². The number of methoxy groups -OCH3 is 1. The van der Waals surface area contributed by atoms with Crippen LogP contribution in [0.25, 0.3) is 10.8 Å². The Kier molecular flexibility index (Phi) is 2.76. The molecule has 112 valence electrons. The fourth-order valence-corrected chi connectivity index (χ4v) is 3.85. The van der Waals surface area contributed by atoms with Crippen LogP contribution >= 0.6 is 0 Å². The van der Waals surface area contributed by atoms with Gasteiger partial charge in [0.2, 0.25) is 5.91 Å². The maximum Gasteiger partial charge on any atom is 0.332 e. The zero-order valence-electron chi connectivity index (χ0n) is 12.5. The van der Waals surface area contributed by atoms with Gasteiger partial charge >= 0.3 is 5.97 Å². The summed E-state index contributed by atoms with van der Waals surface area (Å²) in [4.78, 5) is 26.3. The molecule has 1 amide bonds. The van der Waals surface area contributed by atoms with Crippen LogP contribution in [0, 0.1) is 0 Å². The molecule has 22 heavy (non-hydrogen) atoms. The quantitative estimate of drug-likeness (QED) is 0.759. The second-order valence-electron chi connectivity index (χ2n) is 6.15. The van der Waals surface area contributed by atoms with Crippen molar-refractivity contribution in [2.75, 3.05) is 7.11 Å². The predicted molar refractivity (Wildman–Crippen MR) is 82.2 cm³/mol. The van der Waals surface area contributed by atoms with Crippen LogP contribution in [-0.4, -0.2) is 29.4 Å². The second kappa shape index (κ2) is 4.57. The number of carbonyl (C=O) groups is 2. The van der Waals surface area contributed by atoms with Gasteiger partial charge in [0, 0.05) is 19.4 Å². The Morgan fingerprint density at radius 3 is 2.55 bits per heavy atom. The molecule has 0 unspecified atom stereocenters. The highest BCUT2D eigenvalue weighted by molar-refractivity contribution is 5.93. The highest BCUT2D eigenvalue weighted by atomic mass is 16.5. The fraction of sp³-hybridized carbons (Fsp3) is 0.333. The molecule has 2 heterocycles. The number of ether oxygens (including phenoxy) is 1. The lowest BCUT2D eigenvalue weighted by Gasteiger charge is -2.40. The average Bonchev–Trinajstić information content (AvgIpc) is 2.87. The van der Waals surface area contributed by atoms with E-state index >= 15 is 0 Å². The minimum absolute atomic E-state index is 0.0456. The molecule has 4 heteroatoms. The monoisotopic (exact) mass is 295 g/mol. The molecule has 2 aromatic rings. The summed E-state index contributed by atoms with van der Waals surface area (Å²) in [5, 5.41) is 2.33. The summed E-state index contributed by atoms with van der Waals surface area (Å²) in [6.07, 6.45) is 1.51. The van der Waals surface area contributed by atoms with Crippen molar-refractivity contribution in [1.29, 1.82) is 0 Å². The van der Waals surface area contributed by atoms with Crippen LogP contribution < -0.4 is 0 Å². The molecule has 1 atom stereocenters. The largest absolute Gasteiger partial charge is 0.467 e. The van der Waals surface area contributed by atoms with E-state index in [1.54, 1.807) is 4.90 Å². The van der Waals surface area contributed by atoms with E-state index in [0.29, 0.717) is 25.8 Å². The Labute approximate surface area is 128 Å². The summed E-state index contributed by atoms with van der Waals surface area (Å²) >= 11 is 0. The van der Waals surface area contributed by atoms with Crippen molar-refractivity contribution in [2.24, 2.45) is 0 Å². The van der Waals surface area contributed by atoms with Crippen molar-refractivity contribution >= 4 is 22.6 Å². The Morgan fingerprint density at radius 1 is 1.18 bits per heavy atom. The van der Waals surface area contributed by atoms with E-state index in [4.69, 9.17) is 4.74 Å². The van der Waals surface area contributed by atoms with Crippen LogP contribution in [0.3, 0.4) is 0 Å². The van der Waals surface area contributed by atoms with Crippen LogP contribution in [0.1, 0.15) is 24.0 Å². The molecule has 0 aliphatic carbocycles. The van der Waals surface area contributed by atoms with E-state index in [-0.39, 0.29) is 11.9 Å². The van der Waals surface area contributed by atoms with Gasteiger partial charge in [-0.1, -0.05) is 30.3 Å². The van der Waals surface area contributed by atoms with Gasteiger partial charge in [-0.05, 0) is 34.4 Å². The average molecular weight is 295 g/mol. The number of amides is 1. The summed E-state index contributed by atoms with van der Waals surface area (Å²) in [6, 6.07) is 12.5. The number of fused-ring (bicyclic) bond motifs is 3. The first-order valence-corrected chi connectivity index (χ1v) is 7.53. The fourth-order valence-electron chi connectivity index (χ4n) is 3.85. The molecule has 2 aliphatic rings. The first kappa shape index (κ1) is 13.3. The number of hydrogen-bond donors (Lipinski definition) is 0. The van der Waals surface area contributed by atoms with Crippen LogP contribution in [0.5, 0.6) is 0 Å². The zero-order chi connectivity index (χ0) is 15.3. The third-order valence-corrected chi connectivity index (χ3v) is 5.01. The van der Waals surface area contributed by atoms with Gasteiger partial charge in [0.15, 0.2) is 0 Å². The van der Waals surface area contributed by atoms with E-state index in [2.05, 4.69) is 24.3 Å². The molecule has 0 spiro atoms. The Bertz CT molecular complexity index is 798. The molecule has 0 saturated carbocycles. The third-order valence-electron chi connectivity index (χ3n) is 5.01. The van der Waals surface area contributed by atoms with Crippen molar-refractivity contribution in [3.8, 4) is 0 Å². The minimum Gasteiger partial charge on any atom is -0.467 e. The van der Waals surface area contributed by atoms with Gasteiger partial charge in [-0.15, -0.1) is 0 Å². The van der Waals surface area contributed by atoms with Crippen LogP contribution in [0.2, 0.25) is 0 Å². The van der Waals surface area contributed by atoms with Crippen molar-refractivity contribution in [3.05, 3.63) is 47.5 Å². The normalized spacial score (nSPS) is 23.3. The van der Waals surface area contributed by atoms with Crippen molar-refractivity contribution < 1.29 is 14.3 Å². The molecule has 0 radical (unpaired) electrons. The molecule has 0 bridgehead atoms. The molecule has 0 aromatic heterocycles. The molecule has 4 nitrogen and oxygen atoms in total. The molecule has 2 aliphatic heterocycles. The summed E-state index contributed by atoms with van der Waals surface area (Å²) in [6.45, 7) is 0.494. The number of esters is 1. The topological polar surface area (TPSA) is 46.6 Å². The molecular formula is C18H17NO3. The van der Waals surface area contributed by atoms with Crippen molar-refractivity contribution in [2.45, 2.75) is 31.3 Å². The van der Waals surface area contributed by atoms with E-state index in [1.807, 2.05) is 12.1 Å². The summed E-state index contributed by atoms with van der Waals surface area (Å²) in [5.74, 6) is -0.249. The summed E-state index contributed by atoms with van der Waals surface area (Å²) in [7, 11) is 1.40. The van der Waals surface area contributed by atoms with E-state index in [0.717, 1.165) is 11.1 Å². The molecule has 4 rings (SSSR count). The lowest BCUT2D eigenvalue weighted by molar-refractivity contribution is -0.158. The number of benzene rings is 2. The predicted octanol–water partition coefficient (Wildman–Crippen LogP) is 2.43. The van der Waals surface area contributed by atoms with E-state index in [1.165, 1.54) is 17.9 Å². The Balaban J connectivity index is 1.87. The molecule has 1 fully saturated rings. The highest BCUT2D eigenvalue weighted by Gasteiger charge is 2.54. The minimum atomic E-state index is -0.804. The van der Waals surface area contributed by atoms with E-state index < -0.39 is 5.54 Å². The van der Waals surface area contributed by atoms with Crippen LogP contribution in [-0.2, 0) is 27.3 Å². The molecular weight excluding hydrogens is 278 g/mol. The highest BCUT2D eigenvalue weighted by Crippen LogP contribution is 2.41. The van der Waals surface area contributed by atoms with E-state index in [9.17, 15) is 9.59 Å². The van der Waals surface area contributed by atoms with Crippen molar-refractivity contribution in [3.63, 3.8) is 0 Å². The van der Waals surface area contributed by atoms with Crippen LogP contribution in [0.15, 0.2) is 36.4 Å². The summed E-state index contributed by atoms with van der Waals surface area (Å²) in [5.41, 5.74) is 1.48. The lowest BCUT2D eigenvalue weighted by atomic mass is 9.82. The standard InChI is InChI=1S/C18H17NO3/c1-22-17(21)18-7-6-16(20)19(18)11-15-9-13-5-3-2-4-12(13)8-14(15)10-18/h2-5,8-9H,6-7,10-11H2,1H3/t18-/m1/s1. The van der Waals surface area contributed by atoms with Gasteiger partial charge in [0.1, 0.15) is 5.54 Å².